The van der Waals surface area contributed by atoms with Crippen LogP contribution in [0.2, 0.25) is 0 Å². The Balaban J connectivity index is 1.67. The van der Waals surface area contributed by atoms with Crippen LogP contribution in [0, 0.1) is 10.1 Å². The number of benzene rings is 3. The van der Waals surface area contributed by atoms with E-state index in [1.807, 2.05) is 0 Å². The van der Waals surface area contributed by atoms with Gasteiger partial charge in [0.2, 0.25) is 5.91 Å². The number of nitrogens with zero attached hydrogens (tertiary/aromatic N) is 2. The summed E-state index contributed by atoms with van der Waals surface area (Å²) in [4.78, 5) is 50.5. The summed E-state index contributed by atoms with van der Waals surface area (Å²) in [5, 5.41) is 13.7. The van der Waals surface area contributed by atoms with Crippen molar-refractivity contribution in [3.63, 3.8) is 0 Å². The number of amides is 3. The topological polar surface area (TPSA) is 110 Å². The van der Waals surface area contributed by atoms with Crippen molar-refractivity contribution in [2.75, 3.05) is 5.32 Å². The Bertz CT molecular complexity index is 1140. The fraction of sp³-hybridized carbons (Fsp3) is 0.0870. The van der Waals surface area contributed by atoms with Crippen LogP contribution >= 0.6 is 0 Å². The van der Waals surface area contributed by atoms with Gasteiger partial charge in [0.25, 0.3) is 17.5 Å². The van der Waals surface area contributed by atoms with E-state index in [1.165, 1.54) is 24.3 Å². The van der Waals surface area contributed by atoms with Gasteiger partial charge in [-0.1, -0.05) is 42.5 Å². The van der Waals surface area contributed by atoms with Gasteiger partial charge >= 0.3 is 0 Å². The lowest BCUT2D eigenvalue weighted by molar-refractivity contribution is -0.384. The molecule has 31 heavy (non-hydrogen) atoms. The number of hydrogen-bond donors (Lipinski definition) is 1. The van der Waals surface area contributed by atoms with Gasteiger partial charge in [0.05, 0.1) is 16.1 Å². The Morgan fingerprint density at radius 1 is 0.871 bits per heavy atom. The minimum atomic E-state index is -1.13. The molecule has 0 unspecified atom stereocenters. The standard InChI is InChI=1S/C23H17N3O5/c27-21(24-16-6-2-1-3-7-16)20(14-15-10-12-17(13-11-15)26(30)31)25-22(28)18-8-4-5-9-19(18)23(25)29/h1-13,20H,14H2,(H,24,27)/t20-/m1/s1. The quantitative estimate of drug-likeness (QED) is 0.377. The summed E-state index contributed by atoms with van der Waals surface area (Å²) in [6.07, 6.45) is 0.0160. The van der Waals surface area contributed by atoms with E-state index in [0.717, 1.165) is 4.90 Å². The Morgan fingerprint density at radius 3 is 1.97 bits per heavy atom. The SMILES string of the molecule is O=C(Nc1ccccc1)[C@@H](Cc1ccc([N+](=O)[O-])cc1)N1C(=O)c2ccccc2C1=O. The largest absolute Gasteiger partial charge is 0.324 e. The first-order valence-electron chi connectivity index (χ1n) is 9.52. The number of fused-ring (bicyclic) bond motifs is 1. The number of nitro benzene ring substituents is 1. The van der Waals surface area contributed by atoms with Crippen molar-refractivity contribution in [3.8, 4) is 0 Å². The third kappa shape index (κ3) is 3.91. The van der Waals surface area contributed by atoms with E-state index in [9.17, 15) is 24.5 Å². The molecule has 1 aliphatic rings. The van der Waals surface area contributed by atoms with Crippen LogP contribution < -0.4 is 5.32 Å². The maximum atomic E-state index is 13.2. The molecule has 3 aromatic carbocycles. The molecular weight excluding hydrogens is 398 g/mol. The van der Waals surface area contributed by atoms with Gasteiger partial charge in [-0.3, -0.25) is 29.4 Å². The van der Waals surface area contributed by atoms with Crippen LogP contribution in [0.25, 0.3) is 0 Å². The second-order valence-corrected chi connectivity index (χ2v) is 7.02. The van der Waals surface area contributed by atoms with E-state index in [4.69, 9.17) is 0 Å². The number of nitro groups is 1. The monoisotopic (exact) mass is 415 g/mol. The zero-order valence-corrected chi connectivity index (χ0v) is 16.2. The van der Waals surface area contributed by atoms with Crippen molar-refractivity contribution in [1.82, 2.24) is 4.90 Å². The van der Waals surface area contributed by atoms with Crippen molar-refractivity contribution in [1.29, 1.82) is 0 Å². The second kappa shape index (κ2) is 8.19. The van der Waals surface area contributed by atoms with E-state index in [-0.39, 0.29) is 23.2 Å². The van der Waals surface area contributed by atoms with Gasteiger partial charge in [-0.05, 0) is 29.8 Å². The van der Waals surface area contributed by atoms with Crippen LogP contribution in [0.3, 0.4) is 0 Å². The summed E-state index contributed by atoms with van der Waals surface area (Å²) in [5.41, 5.74) is 1.50. The highest BCUT2D eigenvalue weighted by Gasteiger charge is 2.42. The highest BCUT2D eigenvalue weighted by molar-refractivity contribution is 6.23. The molecule has 4 rings (SSSR count). The first kappa shape index (κ1) is 20.0. The highest BCUT2D eigenvalue weighted by atomic mass is 16.6. The van der Waals surface area contributed by atoms with Crippen molar-refractivity contribution in [2.24, 2.45) is 0 Å². The summed E-state index contributed by atoms with van der Waals surface area (Å²) >= 11 is 0. The molecule has 0 radical (unpaired) electrons. The molecule has 154 valence electrons. The molecule has 8 nitrogen and oxygen atoms in total. The minimum Gasteiger partial charge on any atom is -0.324 e. The third-order valence-corrected chi connectivity index (χ3v) is 5.06. The van der Waals surface area contributed by atoms with E-state index in [2.05, 4.69) is 5.32 Å². The lowest BCUT2D eigenvalue weighted by atomic mass is 10.0. The van der Waals surface area contributed by atoms with Crippen LogP contribution in [-0.2, 0) is 11.2 Å². The summed E-state index contributed by atoms with van der Waals surface area (Å²) in [5.74, 6) is -1.62. The van der Waals surface area contributed by atoms with Crippen molar-refractivity contribution in [3.05, 3.63) is 106 Å². The Morgan fingerprint density at radius 2 is 1.42 bits per heavy atom. The van der Waals surface area contributed by atoms with E-state index in [1.54, 1.807) is 54.6 Å². The average Bonchev–Trinajstić information content (AvgIpc) is 3.03. The Kier molecular flexibility index (Phi) is 5.28. The number of anilines is 1. The number of hydrogen-bond acceptors (Lipinski definition) is 5. The van der Waals surface area contributed by atoms with Crippen molar-refractivity contribution < 1.29 is 19.3 Å². The number of nitrogens with one attached hydrogen (secondary N) is 1. The van der Waals surface area contributed by atoms with Crippen LogP contribution in [-0.4, -0.2) is 33.6 Å². The maximum Gasteiger partial charge on any atom is 0.269 e. The summed E-state index contributed by atoms with van der Waals surface area (Å²) in [6, 6.07) is 19.7. The molecule has 1 N–H and O–H groups in total. The molecule has 0 aliphatic carbocycles. The summed E-state index contributed by atoms with van der Waals surface area (Å²) in [6.45, 7) is 0. The number of imide groups is 1. The fourth-order valence-corrected chi connectivity index (χ4v) is 3.52. The van der Waals surface area contributed by atoms with Gasteiger partial charge in [0.15, 0.2) is 0 Å². The first-order chi connectivity index (χ1) is 15.0. The molecule has 0 aromatic heterocycles. The molecule has 0 spiro atoms. The van der Waals surface area contributed by atoms with Gasteiger partial charge in [-0.15, -0.1) is 0 Å². The summed E-state index contributed by atoms with van der Waals surface area (Å²) < 4.78 is 0. The molecular formula is C23H17N3O5. The van der Waals surface area contributed by atoms with Gasteiger partial charge in [0.1, 0.15) is 6.04 Å². The molecule has 8 heteroatoms. The second-order valence-electron chi connectivity index (χ2n) is 7.02. The lowest BCUT2D eigenvalue weighted by Gasteiger charge is -2.25. The van der Waals surface area contributed by atoms with Crippen LogP contribution in [0.5, 0.6) is 0 Å². The minimum absolute atomic E-state index is 0.0160. The van der Waals surface area contributed by atoms with Gasteiger partial charge in [0, 0.05) is 24.2 Å². The predicted molar refractivity (Wildman–Crippen MR) is 113 cm³/mol. The third-order valence-electron chi connectivity index (χ3n) is 5.06. The molecule has 3 amide bonds. The molecule has 3 aromatic rings. The number of rotatable bonds is 6. The molecule has 0 bridgehead atoms. The van der Waals surface area contributed by atoms with Crippen LogP contribution in [0.4, 0.5) is 11.4 Å². The molecule has 1 heterocycles. The molecule has 0 saturated carbocycles. The van der Waals surface area contributed by atoms with Gasteiger partial charge in [-0.25, -0.2) is 0 Å². The predicted octanol–water partition coefficient (Wildman–Crippen LogP) is 3.44. The molecule has 0 saturated heterocycles. The lowest BCUT2D eigenvalue weighted by Crippen LogP contribution is -2.48. The summed E-state index contributed by atoms with van der Waals surface area (Å²) in [7, 11) is 0. The average molecular weight is 415 g/mol. The molecule has 1 aliphatic heterocycles. The normalized spacial score (nSPS) is 13.6. The zero-order chi connectivity index (χ0) is 22.0. The van der Waals surface area contributed by atoms with Crippen molar-refractivity contribution in [2.45, 2.75) is 12.5 Å². The molecule has 0 fully saturated rings. The first-order valence-corrected chi connectivity index (χ1v) is 9.52. The van der Waals surface area contributed by atoms with Gasteiger partial charge in [-0.2, -0.15) is 0 Å². The van der Waals surface area contributed by atoms with Crippen LogP contribution in [0.1, 0.15) is 26.3 Å². The number of non-ortho nitro benzene ring substituents is 1. The Hall–Kier alpha value is -4.33. The number of para-hydroxylation sites is 1. The highest BCUT2D eigenvalue weighted by Crippen LogP contribution is 2.27. The Labute approximate surface area is 177 Å². The van der Waals surface area contributed by atoms with E-state index >= 15 is 0 Å². The number of carbonyl (C=O) groups is 3. The van der Waals surface area contributed by atoms with Crippen molar-refractivity contribution >= 4 is 29.1 Å². The fourth-order valence-electron chi connectivity index (χ4n) is 3.52. The van der Waals surface area contributed by atoms with Crippen LogP contribution in [0.15, 0.2) is 78.9 Å². The van der Waals surface area contributed by atoms with E-state index < -0.39 is 28.7 Å². The molecule has 1 atom stereocenters. The number of carbonyl (C=O) groups excluding carboxylic acids is 3. The smallest absolute Gasteiger partial charge is 0.269 e. The zero-order valence-electron chi connectivity index (χ0n) is 16.2. The maximum absolute atomic E-state index is 13.2. The van der Waals surface area contributed by atoms with Gasteiger partial charge < -0.3 is 5.32 Å². The van der Waals surface area contributed by atoms with E-state index in [0.29, 0.717) is 11.3 Å².